The topological polar surface area (TPSA) is 79.4 Å². The summed E-state index contributed by atoms with van der Waals surface area (Å²) in [5, 5.41) is 0. The van der Waals surface area contributed by atoms with E-state index >= 15 is 0 Å². The number of anilines is 1. The van der Waals surface area contributed by atoms with Gasteiger partial charge in [0.2, 0.25) is 11.8 Å². The molecule has 3 rings (SSSR count). The lowest BCUT2D eigenvalue weighted by Crippen LogP contribution is -2.45. The van der Waals surface area contributed by atoms with E-state index in [2.05, 4.69) is 0 Å². The van der Waals surface area contributed by atoms with Crippen LogP contribution in [0.2, 0.25) is 0 Å². The van der Waals surface area contributed by atoms with Crippen molar-refractivity contribution in [1.29, 1.82) is 0 Å². The van der Waals surface area contributed by atoms with Gasteiger partial charge >= 0.3 is 6.09 Å². The van der Waals surface area contributed by atoms with Crippen molar-refractivity contribution in [3.8, 4) is 5.75 Å². The molecule has 8 nitrogen and oxygen atoms in total. The van der Waals surface area contributed by atoms with Gasteiger partial charge in [0.1, 0.15) is 18.0 Å². The van der Waals surface area contributed by atoms with E-state index in [4.69, 9.17) is 9.47 Å². The molecule has 32 heavy (non-hydrogen) atoms. The minimum atomic E-state index is -0.534. The molecular formula is C24H35N3O5. The summed E-state index contributed by atoms with van der Waals surface area (Å²) in [4.78, 5) is 43.0. The molecule has 1 atom stereocenters. The minimum absolute atomic E-state index is 0.00971. The van der Waals surface area contributed by atoms with Gasteiger partial charge < -0.3 is 24.2 Å². The molecule has 0 bridgehead atoms. The Morgan fingerprint density at radius 3 is 2.59 bits per heavy atom. The van der Waals surface area contributed by atoms with Gasteiger partial charge in [0, 0.05) is 39.5 Å². The van der Waals surface area contributed by atoms with Crippen LogP contribution in [-0.2, 0) is 14.3 Å². The summed E-state index contributed by atoms with van der Waals surface area (Å²) in [6, 6.07) is 7.47. The van der Waals surface area contributed by atoms with Gasteiger partial charge in [-0.2, -0.15) is 0 Å². The number of amides is 3. The monoisotopic (exact) mass is 445 g/mol. The first-order valence-corrected chi connectivity index (χ1v) is 11.4. The molecule has 0 aromatic heterocycles. The smallest absolute Gasteiger partial charge is 0.410 e. The van der Waals surface area contributed by atoms with Crippen molar-refractivity contribution in [1.82, 2.24) is 9.80 Å². The van der Waals surface area contributed by atoms with E-state index in [-0.39, 0.29) is 36.7 Å². The molecule has 2 aliphatic heterocycles. The van der Waals surface area contributed by atoms with E-state index in [1.807, 2.05) is 49.9 Å². The van der Waals surface area contributed by atoms with Crippen LogP contribution in [0, 0.1) is 5.92 Å². The first-order valence-electron chi connectivity index (χ1n) is 11.4. The third-order valence-electron chi connectivity index (χ3n) is 5.69. The van der Waals surface area contributed by atoms with Crippen molar-refractivity contribution in [2.75, 3.05) is 44.7 Å². The molecule has 0 spiro atoms. The maximum atomic E-state index is 12.8. The zero-order valence-electron chi connectivity index (χ0n) is 19.6. The second-order valence-electron chi connectivity index (χ2n) is 9.57. The third kappa shape index (κ3) is 6.37. The average molecular weight is 446 g/mol. The van der Waals surface area contributed by atoms with Gasteiger partial charge in [-0.15, -0.1) is 0 Å². The van der Waals surface area contributed by atoms with Crippen LogP contribution in [0.3, 0.4) is 0 Å². The van der Waals surface area contributed by atoms with E-state index < -0.39 is 5.60 Å². The SMILES string of the molecule is CN(CC1CCCN(C(=O)CCC(=O)N2CCOc3ccccc32)C1)C(=O)OC(C)(C)C. The molecule has 1 aromatic rings. The number of hydrogen-bond acceptors (Lipinski definition) is 5. The number of hydrogen-bond donors (Lipinski definition) is 0. The summed E-state index contributed by atoms with van der Waals surface area (Å²) >= 11 is 0. The Kier molecular flexibility index (Phi) is 7.64. The summed E-state index contributed by atoms with van der Waals surface area (Å²) in [5.41, 5.74) is 0.229. The van der Waals surface area contributed by atoms with Crippen molar-refractivity contribution in [3.63, 3.8) is 0 Å². The number of ether oxygens (including phenoxy) is 2. The molecule has 3 amide bonds. The van der Waals surface area contributed by atoms with Crippen LogP contribution >= 0.6 is 0 Å². The van der Waals surface area contributed by atoms with Crippen molar-refractivity contribution in [2.24, 2.45) is 5.92 Å². The number of fused-ring (bicyclic) bond motifs is 1. The lowest BCUT2D eigenvalue weighted by molar-refractivity contribution is -0.134. The second-order valence-corrected chi connectivity index (χ2v) is 9.57. The average Bonchev–Trinajstić information content (AvgIpc) is 2.75. The molecular weight excluding hydrogens is 410 g/mol. The molecule has 1 unspecified atom stereocenters. The fourth-order valence-electron chi connectivity index (χ4n) is 4.18. The number of likely N-dealkylation sites (tertiary alicyclic amines) is 1. The molecule has 8 heteroatoms. The summed E-state index contributed by atoms with van der Waals surface area (Å²) in [7, 11) is 1.73. The number of benzene rings is 1. The fourth-order valence-corrected chi connectivity index (χ4v) is 4.18. The Morgan fingerprint density at radius 1 is 1.12 bits per heavy atom. The molecule has 0 aliphatic carbocycles. The third-order valence-corrected chi connectivity index (χ3v) is 5.69. The van der Waals surface area contributed by atoms with Gasteiger partial charge in [-0.3, -0.25) is 9.59 Å². The van der Waals surface area contributed by atoms with Gasteiger partial charge in [-0.05, 0) is 51.7 Å². The number of rotatable bonds is 5. The van der Waals surface area contributed by atoms with E-state index in [9.17, 15) is 14.4 Å². The summed E-state index contributed by atoms with van der Waals surface area (Å²) in [6.45, 7) is 8.31. The highest BCUT2D eigenvalue weighted by Crippen LogP contribution is 2.31. The van der Waals surface area contributed by atoms with Gasteiger partial charge in [0.15, 0.2) is 0 Å². The van der Waals surface area contributed by atoms with Crippen molar-refractivity contribution in [2.45, 2.75) is 52.1 Å². The zero-order valence-corrected chi connectivity index (χ0v) is 19.6. The molecule has 176 valence electrons. The first-order chi connectivity index (χ1) is 15.1. The maximum absolute atomic E-state index is 12.8. The predicted octanol–water partition coefficient (Wildman–Crippen LogP) is 3.30. The Hall–Kier alpha value is -2.77. The molecule has 1 aromatic carbocycles. The summed E-state index contributed by atoms with van der Waals surface area (Å²) < 4.78 is 11.0. The van der Waals surface area contributed by atoms with Crippen LogP contribution in [0.15, 0.2) is 24.3 Å². The quantitative estimate of drug-likeness (QED) is 0.695. The zero-order chi connectivity index (χ0) is 23.3. The second kappa shape index (κ2) is 10.2. The van der Waals surface area contributed by atoms with Crippen LogP contribution in [0.1, 0.15) is 46.5 Å². The lowest BCUT2D eigenvalue weighted by atomic mass is 9.97. The van der Waals surface area contributed by atoms with Crippen LogP contribution in [-0.4, -0.2) is 73.1 Å². The van der Waals surface area contributed by atoms with Gasteiger partial charge in [-0.25, -0.2) is 4.79 Å². The van der Waals surface area contributed by atoms with Gasteiger partial charge in [0.25, 0.3) is 0 Å². The lowest BCUT2D eigenvalue weighted by Gasteiger charge is -2.35. The van der Waals surface area contributed by atoms with Crippen LogP contribution in [0.25, 0.3) is 0 Å². The summed E-state index contributed by atoms with van der Waals surface area (Å²) in [6.07, 6.45) is 1.86. The van der Waals surface area contributed by atoms with Gasteiger partial charge in [0.05, 0.1) is 12.2 Å². The van der Waals surface area contributed by atoms with Crippen LogP contribution < -0.4 is 9.64 Å². The highest BCUT2D eigenvalue weighted by atomic mass is 16.6. The van der Waals surface area contributed by atoms with Crippen molar-refractivity contribution >= 4 is 23.6 Å². The maximum Gasteiger partial charge on any atom is 0.410 e. The number of nitrogens with zero attached hydrogens (tertiary/aromatic N) is 3. The van der Waals surface area contributed by atoms with Crippen LogP contribution in [0.4, 0.5) is 10.5 Å². The Morgan fingerprint density at radius 2 is 1.84 bits per heavy atom. The molecule has 2 heterocycles. The molecule has 1 saturated heterocycles. The Balaban J connectivity index is 1.48. The normalized spacial score (nSPS) is 18.4. The molecule has 0 N–H and O–H groups in total. The Bertz CT molecular complexity index is 835. The summed E-state index contributed by atoms with van der Waals surface area (Å²) in [5.74, 6) is 0.829. The van der Waals surface area contributed by atoms with Crippen LogP contribution in [0.5, 0.6) is 5.75 Å². The molecule has 0 saturated carbocycles. The number of carbonyl (C=O) groups excluding carboxylic acids is 3. The highest BCUT2D eigenvalue weighted by molar-refractivity contribution is 5.97. The number of carbonyl (C=O) groups is 3. The molecule has 1 fully saturated rings. The standard InChI is InChI=1S/C24H35N3O5/c1-24(2,3)32-23(30)25(4)16-18-8-7-13-26(17-18)21(28)11-12-22(29)27-14-15-31-20-10-6-5-9-19(20)27/h5-6,9-10,18H,7-8,11-17H2,1-4H3. The van der Waals surface area contributed by atoms with Gasteiger partial charge in [-0.1, -0.05) is 12.1 Å². The molecule has 2 aliphatic rings. The predicted molar refractivity (Wildman–Crippen MR) is 122 cm³/mol. The Labute approximate surface area is 190 Å². The largest absolute Gasteiger partial charge is 0.490 e. The van der Waals surface area contributed by atoms with Crippen molar-refractivity contribution < 1.29 is 23.9 Å². The van der Waals surface area contributed by atoms with Crippen molar-refractivity contribution in [3.05, 3.63) is 24.3 Å². The number of piperidine rings is 1. The van der Waals surface area contributed by atoms with E-state index in [0.29, 0.717) is 38.5 Å². The number of para-hydroxylation sites is 2. The van der Waals surface area contributed by atoms with E-state index in [0.717, 1.165) is 18.5 Å². The fraction of sp³-hybridized carbons (Fsp3) is 0.625. The first kappa shape index (κ1) is 23.9. The molecule has 0 radical (unpaired) electrons. The highest BCUT2D eigenvalue weighted by Gasteiger charge is 2.29. The van der Waals surface area contributed by atoms with E-state index in [1.165, 1.54) is 0 Å². The minimum Gasteiger partial charge on any atom is -0.490 e. The van der Waals surface area contributed by atoms with E-state index in [1.54, 1.807) is 16.8 Å².